The van der Waals surface area contributed by atoms with E-state index in [9.17, 15) is 4.79 Å². The Morgan fingerprint density at radius 3 is 2.69 bits per heavy atom. The van der Waals surface area contributed by atoms with Crippen molar-refractivity contribution in [3.63, 3.8) is 0 Å². The number of hydrogen-bond acceptors (Lipinski definition) is 4. The Labute approximate surface area is 196 Å². The number of halogens is 1. The molecule has 5 nitrogen and oxygen atoms in total. The van der Waals surface area contributed by atoms with Crippen LogP contribution in [0.2, 0.25) is 0 Å². The Kier molecular flexibility index (Phi) is 13.6. The fourth-order valence-corrected chi connectivity index (χ4v) is 3.08. The fourth-order valence-electron chi connectivity index (χ4n) is 3.01. The zero-order chi connectivity index (χ0) is 23.8. The molecular formula is C26H34ClN3O2. The normalized spacial score (nSPS) is 11.1. The third-order valence-corrected chi connectivity index (χ3v) is 4.67. The zero-order valence-corrected chi connectivity index (χ0v) is 20.2. The number of aromatic nitrogens is 2. The number of aryl methyl sites for hydroxylation is 2. The van der Waals surface area contributed by atoms with Gasteiger partial charge in [-0.1, -0.05) is 67.9 Å². The minimum absolute atomic E-state index is 0.0826. The van der Waals surface area contributed by atoms with Crippen molar-refractivity contribution < 1.29 is 4.74 Å². The van der Waals surface area contributed by atoms with Crippen LogP contribution in [-0.4, -0.2) is 29.0 Å². The maximum absolute atomic E-state index is 13.2. The molecule has 2 aromatic rings. The van der Waals surface area contributed by atoms with E-state index in [1.54, 1.807) is 23.0 Å². The number of hydrogen-bond donors (Lipinski definition) is 1. The summed E-state index contributed by atoms with van der Waals surface area (Å²) < 4.78 is 7.01. The molecule has 1 aromatic carbocycles. The van der Waals surface area contributed by atoms with Crippen LogP contribution < -0.4 is 5.56 Å². The molecule has 0 saturated heterocycles. The van der Waals surface area contributed by atoms with Crippen molar-refractivity contribution in [1.29, 1.82) is 5.41 Å². The van der Waals surface area contributed by atoms with Gasteiger partial charge in [0.15, 0.2) is 0 Å². The lowest BCUT2D eigenvalue weighted by atomic mass is 10.0. The maximum Gasteiger partial charge on any atom is 0.261 e. The van der Waals surface area contributed by atoms with E-state index in [4.69, 9.17) is 21.7 Å². The van der Waals surface area contributed by atoms with Gasteiger partial charge in [-0.3, -0.25) is 9.36 Å². The van der Waals surface area contributed by atoms with Crippen LogP contribution in [0.15, 0.2) is 70.8 Å². The van der Waals surface area contributed by atoms with Crippen molar-refractivity contribution in [3.8, 4) is 0 Å². The van der Waals surface area contributed by atoms with Crippen LogP contribution in [0.4, 0.5) is 0 Å². The van der Waals surface area contributed by atoms with Crippen LogP contribution >= 0.6 is 11.6 Å². The van der Waals surface area contributed by atoms with Gasteiger partial charge in [0, 0.05) is 31.5 Å². The minimum Gasteiger partial charge on any atom is -0.382 e. The molecule has 0 aliphatic rings. The summed E-state index contributed by atoms with van der Waals surface area (Å²) >= 11 is 5.61. The average molecular weight is 456 g/mol. The number of fused-ring (bicyclic) bond motifs is 1. The van der Waals surface area contributed by atoms with E-state index >= 15 is 0 Å². The smallest absolute Gasteiger partial charge is 0.261 e. The summed E-state index contributed by atoms with van der Waals surface area (Å²) in [7, 11) is 0. The first kappa shape index (κ1) is 27.3. The Bertz CT molecular complexity index is 1040. The van der Waals surface area contributed by atoms with E-state index in [1.807, 2.05) is 64.1 Å². The van der Waals surface area contributed by atoms with Gasteiger partial charge in [0.2, 0.25) is 0 Å². The lowest BCUT2D eigenvalue weighted by Gasteiger charge is -2.08. The topological polar surface area (TPSA) is 68.0 Å². The van der Waals surface area contributed by atoms with Gasteiger partial charge in [-0.25, -0.2) is 4.98 Å². The van der Waals surface area contributed by atoms with Gasteiger partial charge in [-0.15, -0.1) is 0 Å². The van der Waals surface area contributed by atoms with E-state index in [2.05, 4.69) is 4.98 Å². The molecule has 0 aliphatic carbocycles. The second-order valence-corrected chi connectivity index (χ2v) is 7.00. The number of nitrogens with one attached hydrogen (secondary N) is 1. The first-order valence-electron chi connectivity index (χ1n) is 11.0. The molecule has 2 rings (SSSR count). The maximum atomic E-state index is 13.2. The third kappa shape index (κ3) is 8.77. The van der Waals surface area contributed by atoms with Crippen LogP contribution in [0.5, 0.6) is 0 Å². The van der Waals surface area contributed by atoms with Crippen molar-refractivity contribution in [2.24, 2.45) is 0 Å². The molecule has 0 radical (unpaired) electrons. The molecule has 1 aromatic heterocycles. The Hall–Kier alpha value is -2.76. The van der Waals surface area contributed by atoms with Crippen LogP contribution in [0.3, 0.4) is 0 Å². The molecule has 172 valence electrons. The Balaban J connectivity index is 0.00000249. The molecule has 1 N–H and O–H groups in total. The Morgan fingerprint density at radius 2 is 2.00 bits per heavy atom. The second-order valence-electron chi connectivity index (χ2n) is 6.75. The van der Waals surface area contributed by atoms with Crippen LogP contribution in [0.1, 0.15) is 38.3 Å². The molecule has 6 heteroatoms. The van der Waals surface area contributed by atoms with Crippen LogP contribution in [0, 0.1) is 12.3 Å². The first-order valence-corrected chi connectivity index (χ1v) is 11.4. The fraction of sp³-hybridized carbons (Fsp3) is 0.346. The summed E-state index contributed by atoms with van der Waals surface area (Å²) in [5, 5.41) is 8.21. The van der Waals surface area contributed by atoms with Crippen molar-refractivity contribution >= 4 is 28.7 Å². The van der Waals surface area contributed by atoms with E-state index in [0.29, 0.717) is 37.1 Å². The number of rotatable bonds is 9. The molecular weight excluding hydrogens is 422 g/mol. The van der Waals surface area contributed by atoms with E-state index < -0.39 is 0 Å². The predicted octanol–water partition coefficient (Wildman–Crippen LogP) is 6.15. The summed E-state index contributed by atoms with van der Waals surface area (Å²) in [6.07, 6.45) is 7.60. The number of nitrogens with zero attached hydrogens (tertiary/aromatic N) is 2. The molecule has 1 heterocycles. The molecule has 0 bridgehead atoms. The van der Waals surface area contributed by atoms with Gasteiger partial charge < -0.3 is 10.1 Å². The average Bonchev–Trinajstić information content (AvgIpc) is 2.81. The highest BCUT2D eigenvalue weighted by atomic mass is 35.5. The molecule has 0 amide bonds. The molecule has 0 aliphatic heterocycles. The third-order valence-electron chi connectivity index (χ3n) is 4.52. The van der Waals surface area contributed by atoms with E-state index in [-0.39, 0.29) is 5.56 Å². The largest absolute Gasteiger partial charge is 0.382 e. The highest BCUT2D eigenvalue weighted by molar-refractivity contribution is 6.25. The van der Waals surface area contributed by atoms with Crippen molar-refractivity contribution in [2.75, 3.05) is 13.2 Å². The van der Waals surface area contributed by atoms with Crippen molar-refractivity contribution in [1.82, 2.24) is 9.55 Å². The molecule has 0 unspecified atom stereocenters. The standard InChI is InChI=1S/C24H28ClN3O2.C2H6/c1-3-30-14-8-13-28-18-27-23-19(2)9-5-4-6-10-20(16-22(23)24(28)29)15-21(17-26)11-7-12-25;1-2/h4-7,9-12,16-18,26H,3,8,13-15H2,1-2H3;1-2H3/b5-4?,6-4?,9-5?,10-6?,12-7+,19-9?,20-10?,20-16?,21-11-,22-16?,23-19?,26-17?;. The SMILES string of the molecule is CC.CCOCCCn1cnc2c(C)cccccc(C/C(C=N)=C/C=C/Cl)cc2c1=O. The summed E-state index contributed by atoms with van der Waals surface area (Å²) in [6.45, 7) is 9.72. The van der Waals surface area contributed by atoms with Gasteiger partial charge in [0.05, 0.1) is 17.2 Å². The van der Waals surface area contributed by atoms with Crippen molar-refractivity contribution in [3.05, 3.63) is 87.5 Å². The highest BCUT2D eigenvalue weighted by Crippen LogP contribution is 2.13. The highest BCUT2D eigenvalue weighted by Gasteiger charge is 2.06. The summed E-state index contributed by atoms with van der Waals surface area (Å²) in [6, 6.07) is 11.6. The molecule has 0 spiro atoms. The summed E-state index contributed by atoms with van der Waals surface area (Å²) in [5.74, 6) is 0. The molecule has 0 fully saturated rings. The predicted molar refractivity (Wildman–Crippen MR) is 136 cm³/mol. The number of allylic oxidation sites excluding steroid dienone is 3. The van der Waals surface area contributed by atoms with Gasteiger partial charge in [0.1, 0.15) is 0 Å². The molecule has 32 heavy (non-hydrogen) atoms. The summed E-state index contributed by atoms with van der Waals surface area (Å²) in [5.41, 5.74) is 4.58. The van der Waals surface area contributed by atoms with Crippen LogP contribution in [-0.2, 0) is 17.7 Å². The quantitative estimate of drug-likeness (QED) is 0.280. The molecule has 0 atom stereocenters. The van der Waals surface area contributed by atoms with E-state index in [0.717, 1.165) is 23.1 Å². The lowest BCUT2D eigenvalue weighted by molar-refractivity contribution is 0.141. The minimum atomic E-state index is -0.0826. The van der Waals surface area contributed by atoms with E-state index in [1.165, 1.54) is 11.7 Å². The number of ether oxygens (including phenoxy) is 1. The molecule has 0 saturated carbocycles. The zero-order valence-electron chi connectivity index (χ0n) is 19.5. The van der Waals surface area contributed by atoms with Crippen LogP contribution in [0.25, 0.3) is 10.9 Å². The van der Waals surface area contributed by atoms with Gasteiger partial charge >= 0.3 is 0 Å². The van der Waals surface area contributed by atoms with Gasteiger partial charge in [-0.05, 0) is 49.5 Å². The Morgan fingerprint density at radius 1 is 1.25 bits per heavy atom. The first-order chi connectivity index (χ1) is 15.6. The van der Waals surface area contributed by atoms with Gasteiger partial charge in [0.25, 0.3) is 5.56 Å². The van der Waals surface area contributed by atoms with Gasteiger partial charge in [-0.2, -0.15) is 0 Å². The second kappa shape index (κ2) is 16.0. The monoisotopic (exact) mass is 455 g/mol. The van der Waals surface area contributed by atoms with Crippen molar-refractivity contribution in [2.45, 2.75) is 47.1 Å². The lowest BCUT2D eigenvalue weighted by Crippen LogP contribution is -2.21. The summed E-state index contributed by atoms with van der Waals surface area (Å²) in [4.78, 5) is 17.8.